The Morgan fingerprint density at radius 1 is 0.640 bits per heavy atom. The van der Waals surface area contributed by atoms with Gasteiger partial charge in [-0.25, -0.2) is 9.98 Å². The van der Waals surface area contributed by atoms with Crippen LogP contribution in [0.15, 0.2) is 168 Å². The first-order chi connectivity index (χ1) is 24.8. The number of aryl methyl sites for hydroxylation is 1. The van der Waals surface area contributed by atoms with E-state index in [4.69, 9.17) is 9.98 Å². The Morgan fingerprint density at radius 3 is 2.24 bits per heavy atom. The summed E-state index contributed by atoms with van der Waals surface area (Å²) in [6.07, 6.45) is 4.34. The molecule has 4 heteroatoms. The largest absolute Gasteiger partial charge is 0.344 e. The van der Waals surface area contributed by atoms with Gasteiger partial charge in [0.1, 0.15) is 12.0 Å². The number of allylic oxidation sites excluding steroid dienone is 2. The average molecular weight is 641 g/mol. The highest BCUT2D eigenvalue weighted by molar-refractivity contribution is 6.14. The van der Waals surface area contributed by atoms with Gasteiger partial charge in [0.2, 0.25) is 0 Å². The molecule has 0 amide bonds. The van der Waals surface area contributed by atoms with Crippen LogP contribution in [0.1, 0.15) is 57.2 Å². The number of nitrogens with one attached hydrogen (secondary N) is 1. The van der Waals surface area contributed by atoms with Gasteiger partial charge in [0.15, 0.2) is 5.84 Å². The average Bonchev–Trinajstić information content (AvgIpc) is 3.69. The highest BCUT2D eigenvalue weighted by Crippen LogP contribution is 2.63. The smallest absolute Gasteiger partial charge is 0.159 e. The fraction of sp³-hybridized carbons (Fsp3) is 0.0870. The van der Waals surface area contributed by atoms with Gasteiger partial charge in [0.05, 0.1) is 22.3 Å². The minimum Gasteiger partial charge on any atom is -0.344 e. The van der Waals surface area contributed by atoms with Gasteiger partial charge in [-0.3, -0.25) is 0 Å². The van der Waals surface area contributed by atoms with Crippen molar-refractivity contribution in [3.8, 4) is 16.8 Å². The molecule has 7 aromatic rings. The van der Waals surface area contributed by atoms with Crippen LogP contribution >= 0.6 is 0 Å². The predicted molar refractivity (Wildman–Crippen MR) is 203 cm³/mol. The van der Waals surface area contributed by atoms with Crippen LogP contribution < -0.4 is 5.32 Å². The monoisotopic (exact) mass is 640 g/mol. The number of fused-ring (bicyclic) bond motifs is 12. The second-order valence-corrected chi connectivity index (χ2v) is 13.6. The number of hydrogen-bond acceptors (Lipinski definition) is 3. The molecule has 0 radical (unpaired) electrons. The standard InChI is InChI=1S/C46H32N4/c1-3-14-29(15-4-1)43-47-44(30-16-5-2-6-17-30)49-45(48-43)31-26-27-33-32-18-7-9-21-36(32)46(39(33)28-31)37-22-10-12-25-41(37)50-40-24-11-8-19-34(40)35-20-13-23-38(46)42(35)50/h1-12,14-19,21-28,43H,13,20H2,(H,47,48,49). The summed E-state index contributed by atoms with van der Waals surface area (Å²) in [4.78, 5) is 10.3. The maximum Gasteiger partial charge on any atom is 0.159 e. The number of aromatic nitrogens is 1. The fourth-order valence-corrected chi connectivity index (χ4v) is 9.14. The fourth-order valence-electron chi connectivity index (χ4n) is 9.14. The van der Waals surface area contributed by atoms with Crippen molar-refractivity contribution in [2.45, 2.75) is 24.4 Å². The van der Waals surface area contributed by atoms with Crippen molar-refractivity contribution in [2.24, 2.45) is 9.98 Å². The van der Waals surface area contributed by atoms with Crippen LogP contribution in [0.5, 0.6) is 0 Å². The topological polar surface area (TPSA) is 41.7 Å². The van der Waals surface area contributed by atoms with Gasteiger partial charge in [-0.15, -0.1) is 0 Å². The van der Waals surface area contributed by atoms with Crippen molar-refractivity contribution in [2.75, 3.05) is 0 Å². The Bertz CT molecular complexity index is 2620. The molecule has 2 atom stereocenters. The maximum atomic E-state index is 5.22. The molecule has 0 bridgehead atoms. The van der Waals surface area contributed by atoms with Crippen LogP contribution in [0.2, 0.25) is 0 Å². The highest BCUT2D eigenvalue weighted by atomic mass is 15.2. The van der Waals surface area contributed by atoms with Gasteiger partial charge in [-0.1, -0.05) is 140 Å². The maximum absolute atomic E-state index is 5.22. The van der Waals surface area contributed by atoms with E-state index in [2.05, 4.69) is 155 Å². The third kappa shape index (κ3) is 3.65. The van der Waals surface area contributed by atoms with E-state index in [0.717, 1.165) is 41.2 Å². The van der Waals surface area contributed by atoms with Crippen molar-refractivity contribution in [3.05, 3.63) is 202 Å². The van der Waals surface area contributed by atoms with Crippen molar-refractivity contribution >= 4 is 28.1 Å². The van der Waals surface area contributed by atoms with Crippen molar-refractivity contribution < 1.29 is 0 Å². The Labute approximate surface area is 290 Å². The van der Waals surface area contributed by atoms with E-state index >= 15 is 0 Å². The van der Waals surface area contributed by atoms with Crippen LogP contribution in [-0.4, -0.2) is 16.2 Å². The van der Waals surface area contributed by atoms with Gasteiger partial charge in [0.25, 0.3) is 0 Å². The number of nitrogens with zero attached hydrogens (tertiary/aromatic N) is 3. The minimum absolute atomic E-state index is 0.256. The second kappa shape index (κ2) is 10.4. The summed E-state index contributed by atoms with van der Waals surface area (Å²) in [5, 5.41) is 5.09. The van der Waals surface area contributed by atoms with E-state index in [1.807, 2.05) is 12.1 Å². The van der Waals surface area contributed by atoms with Gasteiger partial charge in [-0.05, 0) is 75.6 Å². The van der Waals surface area contributed by atoms with Crippen molar-refractivity contribution in [3.63, 3.8) is 0 Å². The summed E-state index contributed by atoms with van der Waals surface area (Å²) < 4.78 is 2.54. The van der Waals surface area contributed by atoms with Crippen LogP contribution in [0.25, 0.3) is 33.3 Å². The number of amidine groups is 2. The Kier molecular flexibility index (Phi) is 5.74. The first-order valence-corrected chi connectivity index (χ1v) is 17.5. The number of aliphatic imine (C=N–C) groups is 2. The van der Waals surface area contributed by atoms with E-state index in [1.54, 1.807) is 0 Å². The predicted octanol–water partition coefficient (Wildman–Crippen LogP) is 9.78. The number of para-hydroxylation sites is 2. The summed E-state index contributed by atoms with van der Waals surface area (Å²) in [5.74, 6) is 1.57. The second-order valence-electron chi connectivity index (χ2n) is 13.6. The summed E-state index contributed by atoms with van der Waals surface area (Å²) >= 11 is 0. The Morgan fingerprint density at radius 2 is 1.36 bits per heavy atom. The molecule has 2 aliphatic heterocycles. The van der Waals surface area contributed by atoms with E-state index in [0.29, 0.717) is 0 Å². The summed E-state index contributed by atoms with van der Waals surface area (Å²) in [5.41, 5.74) is 16.0. The summed E-state index contributed by atoms with van der Waals surface area (Å²) in [6.45, 7) is 0. The molecular formula is C46H32N4. The first-order valence-electron chi connectivity index (χ1n) is 17.5. The molecule has 2 aliphatic carbocycles. The molecule has 236 valence electrons. The highest BCUT2D eigenvalue weighted by Gasteiger charge is 2.53. The SMILES string of the molecule is C1=C2c3c(c4ccccc4n3-c3ccccc3C23c2ccccc2-c2ccc(C4=NC(c5ccccc5)=NC(c5ccccc5)N4)cc23)CC1. The van der Waals surface area contributed by atoms with Crippen LogP contribution in [0.4, 0.5) is 0 Å². The van der Waals surface area contributed by atoms with E-state index in [9.17, 15) is 0 Å². The molecule has 3 heterocycles. The first kappa shape index (κ1) is 27.7. The molecular weight excluding hydrogens is 609 g/mol. The van der Waals surface area contributed by atoms with E-state index in [1.165, 1.54) is 61.2 Å². The lowest BCUT2D eigenvalue weighted by Gasteiger charge is -2.43. The van der Waals surface area contributed by atoms with Gasteiger partial charge >= 0.3 is 0 Å². The molecule has 1 aromatic heterocycles. The van der Waals surface area contributed by atoms with Gasteiger partial charge in [0, 0.05) is 16.5 Å². The lowest BCUT2D eigenvalue weighted by Crippen LogP contribution is -2.36. The third-order valence-electron chi connectivity index (χ3n) is 11.1. The number of rotatable bonds is 3. The van der Waals surface area contributed by atoms with Crippen LogP contribution in [0, 0.1) is 0 Å². The normalized spacial score (nSPS) is 19.4. The zero-order valence-corrected chi connectivity index (χ0v) is 27.3. The zero-order chi connectivity index (χ0) is 32.8. The molecule has 4 nitrogen and oxygen atoms in total. The molecule has 1 N–H and O–H groups in total. The molecule has 2 unspecified atom stereocenters. The van der Waals surface area contributed by atoms with Crippen molar-refractivity contribution in [1.82, 2.24) is 9.88 Å². The molecule has 50 heavy (non-hydrogen) atoms. The molecule has 4 aliphatic rings. The molecule has 1 spiro atoms. The van der Waals surface area contributed by atoms with Crippen molar-refractivity contribution in [1.29, 1.82) is 0 Å². The van der Waals surface area contributed by atoms with E-state index < -0.39 is 5.41 Å². The molecule has 11 rings (SSSR count). The Balaban J connectivity index is 1.17. The Hall–Kier alpha value is -6.26. The zero-order valence-electron chi connectivity index (χ0n) is 27.3. The minimum atomic E-state index is -0.470. The quantitative estimate of drug-likeness (QED) is 0.205. The van der Waals surface area contributed by atoms with Crippen LogP contribution in [0.3, 0.4) is 0 Å². The number of benzene rings is 6. The molecule has 0 fully saturated rings. The molecule has 0 saturated heterocycles. The lowest BCUT2D eigenvalue weighted by atomic mass is 9.62. The molecule has 6 aromatic carbocycles. The van der Waals surface area contributed by atoms with Gasteiger partial charge in [-0.2, -0.15) is 0 Å². The summed E-state index contributed by atoms with van der Waals surface area (Å²) in [6, 6.07) is 54.9. The lowest BCUT2D eigenvalue weighted by molar-refractivity contribution is 0.674. The van der Waals surface area contributed by atoms with Gasteiger partial charge < -0.3 is 9.88 Å². The van der Waals surface area contributed by atoms with Crippen LogP contribution in [-0.2, 0) is 11.8 Å². The number of hydrogen-bond donors (Lipinski definition) is 1. The van der Waals surface area contributed by atoms with E-state index in [-0.39, 0.29) is 6.17 Å². The molecule has 0 saturated carbocycles. The third-order valence-corrected chi connectivity index (χ3v) is 11.1. The summed E-state index contributed by atoms with van der Waals surface area (Å²) in [7, 11) is 0.